The minimum Gasteiger partial charge on any atom is -0.508 e. The lowest BCUT2D eigenvalue weighted by molar-refractivity contribution is 0.317. The number of hydrogen-bond donors (Lipinski definition) is 2. The minimum absolute atomic E-state index is 0.203. The largest absolute Gasteiger partial charge is 0.508 e. The summed E-state index contributed by atoms with van der Waals surface area (Å²) in [6.07, 6.45) is 3.35. The molecule has 0 atom stereocenters. The van der Waals surface area contributed by atoms with Crippen molar-refractivity contribution < 1.29 is 5.11 Å². The van der Waals surface area contributed by atoms with Crippen LogP contribution in [-0.4, -0.2) is 5.11 Å². The Balaban J connectivity index is 2.38. The molecular formula is C16H23NOS. The van der Waals surface area contributed by atoms with Crippen LogP contribution in [0.1, 0.15) is 48.1 Å². The van der Waals surface area contributed by atoms with Gasteiger partial charge in [-0.3, -0.25) is 0 Å². The molecule has 0 unspecified atom stereocenters. The molecule has 0 aliphatic heterocycles. The Hall–Kier alpha value is -1.22. The Morgan fingerprint density at radius 1 is 1.42 bits per heavy atom. The van der Waals surface area contributed by atoms with Crippen LogP contribution in [-0.2, 0) is 19.4 Å². The first kappa shape index (κ1) is 14.2. The third-order valence-electron chi connectivity index (χ3n) is 3.69. The van der Waals surface area contributed by atoms with Crippen molar-refractivity contribution in [2.24, 2.45) is 5.41 Å². The lowest BCUT2D eigenvalue weighted by Gasteiger charge is -2.30. The number of nitrogens with one attached hydrogen (secondary N) is 1. The molecule has 3 heteroatoms. The van der Waals surface area contributed by atoms with Crippen molar-refractivity contribution in [2.75, 3.05) is 0 Å². The highest BCUT2D eigenvalue weighted by Gasteiger charge is 2.30. The third-order valence-corrected chi connectivity index (χ3v) is 4.98. The second-order valence-electron chi connectivity index (χ2n) is 6.22. The summed E-state index contributed by atoms with van der Waals surface area (Å²) >= 11 is 1.81. The average Bonchev–Trinajstić information content (AvgIpc) is 2.62. The zero-order valence-corrected chi connectivity index (χ0v) is 12.9. The van der Waals surface area contributed by atoms with Crippen molar-refractivity contribution >= 4 is 17.1 Å². The quantitative estimate of drug-likeness (QED) is 0.799. The Bertz CT molecular complexity index is 525. The molecule has 19 heavy (non-hydrogen) atoms. The third kappa shape index (κ3) is 3.03. The van der Waals surface area contributed by atoms with Gasteiger partial charge in [0.2, 0.25) is 0 Å². The van der Waals surface area contributed by atoms with Crippen molar-refractivity contribution in [3.8, 4) is 0 Å². The van der Waals surface area contributed by atoms with Crippen LogP contribution < -0.4 is 5.32 Å². The summed E-state index contributed by atoms with van der Waals surface area (Å²) in [6.45, 7) is 14.9. The summed E-state index contributed by atoms with van der Waals surface area (Å²) in [4.78, 5) is 2.60. The van der Waals surface area contributed by atoms with Gasteiger partial charge in [0, 0.05) is 27.6 Å². The first-order valence-electron chi connectivity index (χ1n) is 6.71. The topological polar surface area (TPSA) is 32.3 Å². The van der Waals surface area contributed by atoms with Crippen LogP contribution in [0.3, 0.4) is 0 Å². The van der Waals surface area contributed by atoms with Crippen LogP contribution >= 0.6 is 11.3 Å². The van der Waals surface area contributed by atoms with E-state index in [2.05, 4.69) is 32.3 Å². The van der Waals surface area contributed by atoms with Crippen molar-refractivity contribution in [3.63, 3.8) is 0 Å². The molecule has 1 heterocycles. The Morgan fingerprint density at radius 2 is 2.11 bits per heavy atom. The number of thiophene rings is 1. The minimum atomic E-state index is 0.203. The van der Waals surface area contributed by atoms with Crippen molar-refractivity contribution in [1.82, 2.24) is 5.32 Å². The fourth-order valence-electron chi connectivity index (χ4n) is 2.67. The predicted octanol–water partition coefficient (Wildman–Crippen LogP) is 4.41. The maximum atomic E-state index is 9.95. The molecule has 1 aliphatic carbocycles. The summed E-state index contributed by atoms with van der Waals surface area (Å²) in [7, 11) is 0. The Morgan fingerprint density at radius 3 is 2.68 bits per heavy atom. The van der Waals surface area contributed by atoms with Gasteiger partial charge in [-0.1, -0.05) is 27.0 Å². The number of aryl methyl sites for hydroxylation is 1. The van der Waals surface area contributed by atoms with E-state index in [0.29, 0.717) is 5.41 Å². The fraction of sp³-hybridized carbons (Fsp3) is 0.500. The first-order chi connectivity index (χ1) is 8.80. The van der Waals surface area contributed by atoms with Gasteiger partial charge in [0.1, 0.15) is 5.76 Å². The van der Waals surface area contributed by atoms with Gasteiger partial charge >= 0.3 is 0 Å². The van der Waals surface area contributed by atoms with Gasteiger partial charge in [0.25, 0.3) is 0 Å². The van der Waals surface area contributed by atoms with Gasteiger partial charge in [-0.05, 0) is 37.2 Å². The van der Waals surface area contributed by atoms with Gasteiger partial charge in [-0.2, -0.15) is 0 Å². The molecule has 104 valence electrons. The second kappa shape index (κ2) is 5.04. The van der Waals surface area contributed by atoms with Crippen LogP contribution in [0.5, 0.6) is 0 Å². The van der Waals surface area contributed by atoms with E-state index in [1.54, 1.807) is 0 Å². The summed E-state index contributed by atoms with van der Waals surface area (Å²) in [5.74, 6) is 0.203. The molecule has 2 N–H and O–H groups in total. The van der Waals surface area contributed by atoms with E-state index < -0.39 is 0 Å². The van der Waals surface area contributed by atoms with E-state index in [-0.39, 0.29) is 5.76 Å². The molecule has 2 rings (SSSR count). The average molecular weight is 277 g/mol. The maximum absolute atomic E-state index is 9.95. The zero-order chi connectivity index (χ0) is 14.2. The summed E-state index contributed by atoms with van der Waals surface area (Å²) in [6, 6.07) is 0. The second-order valence-corrected chi connectivity index (χ2v) is 7.41. The van der Waals surface area contributed by atoms with E-state index in [4.69, 9.17) is 0 Å². The molecule has 1 aromatic heterocycles. The molecular weight excluding hydrogens is 254 g/mol. The molecule has 0 fully saturated rings. The molecule has 0 spiro atoms. The molecule has 2 nitrogen and oxygen atoms in total. The molecule has 1 aliphatic rings. The van der Waals surface area contributed by atoms with E-state index in [1.807, 2.05) is 18.3 Å². The maximum Gasteiger partial charge on any atom is 0.117 e. The molecule has 0 aromatic carbocycles. The summed E-state index contributed by atoms with van der Waals surface area (Å²) < 4.78 is 0. The Kier molecular flexibility index (Phi) is 3.77. The van der Waals surface area contributed by atoms with Crippen LogP contribution in [0.25, 0.3) is 5.76 Å². The smallest absolute Gasteiger partial charge is 0.117 e. The highest BCUT2D eigenvalue weighted by atomic mass is 32.1. The highest BCUT2D eigenvalue weighted by Crippen LogP contribution is 2.43. The predicted molar refractivity (Wildman–Crippen MR) is 83.4 cm³/mol. The van der Waals surface area contributed by atoms with E-state index >= 15 is 0 Å². The Labute approximate surface area is 119 Å². The lowest BCUT2D eigenvalue weighted by atomic mass is 9.76. The van der Waals surface area contributed by atoms with Crippen LogP contribution in [0.2, 0.25) is 0 Å². The normalized spacial score (nSPS) is 16.8. The lowest BCUT2D eigenvalue weighted by Crippen LogP contribution is -2.21. The summed E-state index contributed by atoms with van der Waals surface area (Å²) in [5.41, 5.74) is 3.55. The molecule has 0 bridgehead atoms. The van der Waals surface area contributed by atoms with Crippen LogP contribution in [0, 0.1) is 5.41 Å². The van der Waals surface area contributed by atoms with Gasteiger partial charge < -0.3 is 10.4 Å². The summed E-state index contributed by atoms with van der Waals surface area (Å²) in [5, 5.41) is 13.2. The van der Waals surface area contributed by atoms with Gasteiger partial charge in [0.15, 0.2) is 0 Å². The molecule has 0 saturated heterocycles. The SMILES string of the molecule is C=C(C)NCc1sc2c(c1C(=C)O)CC(C)(C)CC2. The number of hydrogen-bond acceptors (Lipinski definition) is 3. The number of allylic oxidation sites excluding steroid dienone is 1. The van der Waals surface area contributed by atoms with Crippen molar-refractivity contribution in [3.05, 3.63) is 39.7 Å². The number of aliphatic hydroxyl groups is 1. The van der Waals surface area contributed by atoms with Gasteiger partial charge in [0.05, 0.1) is 0 Å². The van der Waals surface area contributed by atoms with Crippen LogP contribution in [0.15, 0.2) is 18.9 Å². The number of fused-ring (bicyclic) bond motifs is 1. The van der Waals surface area contributed by atoms with Crippen LogP contribution in [0.4, 0.5) is 0 Å². The van der Waals surface area contributed by atoms with E-state index in [9.17, 15) is 5.11 Å². The highest BCUT2D eigenvalue weighted by molar-refractivity contribution is 7.12. The zero-order valence-electron chi connectivity index (χ0n) is 12.1. The monoisotopic (exact) mass is 277 g/mol. The standard InChI is InChI=1S/C16H23NOS/c1-10(2)17-9-14-15(11(3)18)12-8-16(4,5)7-6-13(12)19-14/h17-18H,1,3,6-9H2,2,4-5H3. The number of aliphatic hydroxyl groups excluding tert-OH is 1. The van der Waals surface area contributed by atoms with E-state index in [1.165, 1.54) is 21.7 Å². The van der Waals surface area contributed by atoms with Gasteiger partial charge in [-0.25, -0.2) is 0 Å². The first-order valence-corrected chi connectivity index (χ1v) is 7.53. The van der Waals surface area contributed by atoms with E-state index in [0.717, 1.165) is 30.6 Å². The number of rotatable bonds is 4. The fourth-order valence-corrected chi connectivity index (χ4v) is 3.95. The van der Waals surface area contributed by atoms with Crippen molar-refractivity contribution in [1.29, 1.82) is 0 Å². The molecule has 1 aromatic rings. The van der Waals surface area contributed by atoms with Gasteiger partial charge in [-0.15, -0.1) is 11.3 Å². The molecule has 0 saturated carbocycles. The van der Waals surface area contributed by atoms with Crippen molar-refractivity contribution in [2.45, 2.75) is 46.6 Å². The molecule has 0 radical (unpaired) electrons. The molecule has 0 amide bonds.